The summed E-state index contributed by atoms with van der Waals surface area (Å²) < 4.78 is 49.6. The van der Waals surface area contributed by atoms with Gasteiger partial charge in [-0.25, -0.2) is 0 Å². The molecule has 0 saturated heterocycles. The Morgan fingerprint density at radius 3 is 2.38 bits per heavy atom. The summed E-state index contributed by atoms with van der Waals surface area (Å²) in [5.74, 6) is -2.90. The third kappa shape index (κ3) is 3.03. The van der Waals surface area contributed by atoms with Gasteiger partial charge in [0.2, 0.25) is 11.2 Å². The Bertz CT molecular complexity index is 962. The minimum Gasteiger partial charge on any atom is -0.508 e. The number of hydrogen-bond acceptors (Lipinski definition) is 4. The van der Waals surface area contributed by atoms with Crippen molar-refractivity contribution in [3.8, 4) is 17.2 Å². The highest BCUT2D eigenvalue weighted by Gasteiger charge is 2.40. The average molecular weight is 357 g/mol. The van der Waals surface area contributed by atoms with Crippen LogP contribution in [0, 0.1) is 0 Å². The molecule has 3 rings (SSSR count). The van der Waals surface area contributed by atoms with E-state index in [0.29, 0.717) is 5.02 Å². The first-order valence-electron chi connectivity index (χ1n) is 6.56. The molecule has 0 radical (unpaired) electrons. The summed E-state index contributed by atoms with van der Waals surface area (Å²) in [6, 6.07) is 8.71. The van der Waals surface area contributed by atoms with Gasteiger partial charge in [0.25, 0.3) is 5.76 Å². The van der Waals surface area contributed by atoms with Gasteiger partial charge in [-0.1, -0.05) is 11.6 Å². The van der Waals surface area contributed by atoms with E-state index < -0.39 is 28.7 Å². The van der Waals surface area contributed by atoms with Gasteiger partial charge < -0.3 is 14.3 Å². The van der Waals surface area contributed by atoms with Crippen LogP contribution in [0.25, 0.3) is 11.0 Å². The maximum atomic E-state index is 13.2. The summed E-state index contributed by atoms with van der Waals surface area (Å²) in [6.07, 6.45) is -4.96. The topological polar surface area (TPSA) is 59.7 Å². The Morgan fingerprint density at radius 2 is 1.75 bits per heavy atom. The van der Waals surface area contributed by atoms with Crippen molar-refractivity contribution in [2.75, 3.05) is 0 Å². The summed E-state index contributed by atoms with van der Waals surface area (Å²) in [4.78, 5) is 12.4. The molecule has 0 aliphatic rings. The van der Waals surface area contributed by atoms with E-state index in [-0.39, 0.29) is 16.9 Å². The third-order valence-electron chi connectivity index (χ3n) is 3.13. The van der Waals surface area contributed by atoms with Crippen LogP contribution in [0.3, 0.4) is 0 Å². The van der Waals surface area contributed by atoms with Crippen molar-refractivity contribution in [3.63, 3.8) is 0 Å². The lowest BCUT2D eigenvalue weighted by molar-refractivity contribution is -0.154. The maximum absolute atomic E-state index is 13.2. The predicted octanol–water partition coefficient (Wildman–Crippen LogP) is 4.96. The summed E-state index contributed by atoms with van der Waals surface area (Å²) in [7, 11) is 0. The molecule has 0 bridgehead atoms. The molecule has 3 aromatic rings. The van der Waals surface area contributed by atoms with Crippen LogP contribution in [0.4, 0.5) is 13.2 Å². The molecule has 1 heterocycles. The van der Waals surface area contributed by atoms with Gasteiger partial charge in [0.15, 0.2) is 0 Å². The summed E-state index contributed by atoms with van der Waals surface area (Å²) >= 11 is 5.70. The Labute approximate surface area is 137 Å². The minimum absolute atomic E-state index is 0.00433. The van der Waals surface area contributed by atoms with Gasteiger partial charge in [0, 0.05) is 11.1 Å². The van der Waals surface area contributed by atoms with E-state index in [4.69, 9.17) is 20.8 Å². The quantitative estimate of drug-likeness (QED) is 0.704. The highest BCUT2D eigenvalue weighted by molar-refractivity contribution is 6.30. The fourth-order valence-electron chi connectivity index (χ4n) is 2.06. The lowest BCUT2D eigenvalue weighted by atomic mass is 10.2. The zero-order valence-corrected chi connectivity index (χ0v) is 12.5. The molecule has 1 aromatic heterocycles. The second-order valence-electron chi connectivity index (χ2n) is 4.82. The Morgan fingerprint density at radius 1 is 1.08 bits per heavy atom. The third-order valence-corrected chi connectivity index (χ3v) is 3.38. The first-order valence-corrected chi connectivity index (χ1v) is 6.94. The molecule has 0 atom stereocenters. The van der Waals surface area contributed by atoms with E-state index in [2.05, 4.69) is 0 Å². The van der Waals surface area contributed by atoms with Crippen LogP contribution in [0.2, 0.25) is 5.02 Å². The molecule has 24 heavy (non-hydrogen) atoms. The molecule has 0 amide bonds. The van der Waals surface area contributed by atoms with Gasteiger partial charge in [-0.05, 0) is 36.4 Å². The largest absolute Gasteiger partial charge is 0.508 e. The van der Waals surface area contributed by atoms with Crippen LogP contribution < -0.4 is 10.2 Å². The molecule has 124 valence electrons. The maximum Gasteiger partial charge on any atom is 0.453 e. The van der Waals surface area contributed by atoms with Gasteiger partial charge in [-0.15, -0.1) is 0 Å². The molecule has 1 N–H and O–H groups in total. The normalized spacial score (nSPS) is 11.7. The fourth-order valence-corrected chi connectivity index (χ4v) is 2.19. The average Bonchev–Trinajstić information content (AvgIpc) is 2.50. The van der Waals surface area contributed by atoms with Crippen molar-refractivity contribution >= 4 is 22.6 Å². The van der Waals surface area contributed by atoms with Crippen molar-refractivity contribution in [3.05, 3.63) is 63.5 Å². The van der Waals surface area contributed by atoms with Crippen molar-refractivity contribution in [1.29, 1.82) is 0 Å². The number of alkyl halides is 3. The van der Waals surface area contributed by atoms with E-state index >= 15 is 0 Å². The number of fused-ring (bicyclic) bond motifs is 1. The minimum atomic E-state index is -4.96. The number of phenolic OH excluding ortho intramolecular Hbond substituents is 1. The molecule has 0 aliphatic carbocycles. The van der Waals surface area contributed by atoms with Crippen molar-refractivity contribution in [2.24, 2.45) is 0 Å². The molecule has 8 heteroatoms. The van der Waals surface area contributed by atoms with Gasteiger partial charge in [0.1, 0.15) is 17.1 Å². The van der Waals surface area contributed by atoms with Crippen LogP contribution in [0.5, 0.6) is 17.2 Å². The van der Waals surface area contributed by atoms with Crippen LogP contribution in [0.15, 0.2) is 51.7 Å². The van der Waals surface area contributed by atoms with E-state index in [1.807, 2.05) is 0 Å². The molecular weight excluding hydrogens is 349 g/mol. The molecule has 2 aromatic carbocycles. The fraction of sp³-hybridized carbons (Fsp3) is 0.0625. The Kier molecular flexibility index (Phi) is 3.88. The molecule has 4 nitrogen and oxygen atoms in total. The second-order valence-corrected chi connectivity index (χ2v) is 5.26. The number of benzene rings is 2. The lowest BCUT2D eigenvalue weighted by Gasteiger charge is -2.13. The highest BCUT2D eigenvalue weighted by Crippen LogP contribution is 2.38. The van der Waals surface area contributed by atoms with Crippen molar-refractivity contribution in [1.82, 2.24) is 0 Å². The van der Waals surface area contributed by atoms with Gasteiger partial charge in [-0.3, -0.25) is 4.79 Å². The van der Waals surface area contributed by atoms with Crippen LogP contribution in [-0.4, -0.2) is 5.11 Å². The molecule has 0 fully saturated rings. The first kappa shape index (κ1) is 16.2. The zero-order chi connectivity index (χ0) is 17.5. The number of hydrogen-bond donors (Lipinski definition) is 1. The summed E-state index contributed by atoms with van der Waals surface area (Å²) in [5.41, 5.74) is -1.39. The van der Waals surface area contributed by atoms with Crippen LogP contribution in [0.1, 0.15) is 5.76 Å². The van der Waals surface area contributed by atoms with Crippen molar-refractivity contribution < 1.29 is 27.4 Å². The lowest BCUT2D eigenvalue weighted by Crippen LogP contribution is -2.15. The number of phenols is 1. The second kappa shape index (κ2) is 5.76. The van der Waals surface area contributed by atoms with Crippen LogP contribution in [-0.2, 0) is 6.18 Å². The first-order chi connectivity index (χ1) is 11.3. The zero-order valence-electron chi connectivity index (χ0n) is 11.7. The van der Waals surface area contributed by atoms with Gasteiger partial charge in [-0.2, -0.15) is 13.2 Å². The number of rotatable bonds is 2. The van der Waals surface area contributed by atoms with E-state index in [9.17, 15) is 23.1 Å². The van der Waals surface area contributed by atoms with E-state index in [0.717, 1.165) is 12.1 Å². The molecule has 0 spiro atoms. The summed E-state index contributed by atoms with van der Waals surface area (Å²) in [6.45, 7) is 0. The van der Waals surface area contributed by atoms with Gasteiger partial charge >= 0.3 is 6.18 Å². The number of halogens is 4. The standard InChI is InChI=1S/C16H8ClF3O4/c17-8-1-4-10(5-2-8)23-14-13(22)11-6-3-9(21)7-12(11)24-15(14)16(18,19)20/h1-7,21H. The molecule has 0 unspecified atom stereocenters. The SMILES string of the molecule is O=c1c(Oc2ccc(Cl)cc2)c(C(F)(F)F)oc2cc(O)ccc12. The number of aromatic hydroxyl groups is 1. The van der Waals surface area contributed by atoms with Crippen LogP contribution >= 0.6 is 11.6 Å². The Hall–Kier alpha value is -2.67. The predicted molar refractivity (Wildman–Crippen MR) is 80.7 cm³/mol. The van der Waals surface area contributed by atoms with E-state index in [1.165, 1.54) is 30.3 Å². The summed E-state index contributed by atoms with van der Waals surface area (Å²) in [5, 5.41) is 9.57. The van der Waals surface area contributed by atoms with E-state index in [1.54, 1.807) is 0 Å². The van der Waals surface area contributed by atoms with Gasteiger partial charge in [0.05, 0.1) is 5.39 Å². The highest BCUT2D eigenvalue weighted by atomic mass is 35.5. The van der Waals surface area contributed by atoms with Crippen molar-refractivity contribution in [2.45, 2.75) is 6.18 Å². The molecular formula is C16H8ClF3O4. The molecule has 0 aliphatic heterocycles. The monoisotopic (exact) mass is 356 g/mol. The smallest absolute Gasteiger partial charge is 0.453 e. The number of ether oxygens (including phenoxy) is 1. The Balaban J connectivity index is 2.24. The molecule has 0 saturated carbocycles.